The molecule has 3 rings (SSSR count). The van der Waals surface area contributed by atoms with Crippen LogP contribution in [-0.4, -0.2) is 17.1 Å². The van der Waals surface area contributed by atoms with Crippen molar-refractivity contribution in [2.75, 3.05) is 0 Å². The summed E-state index contributed by atoms with van der Waals surface area (Å²) in [6.45, 7) is 4.01. The molecule has 0 unspecified atom stereocenters. The maximum absolute atomic E-state index is 10.6. The summed E-state index contributed by atoms with van der Waals surface area (Å²) in [5.74, 6) is 0.375. The van der Waals surface area contributed by atoms with Gasteiger partial charge in [-0.1, -0.05) is 29.8 Å². The van der Waals surface area contributed by atoms with Gasteiger partial charge >= 0.3 is 5.88 Å². The van der Waals surface area contributed by atoms with Crippen LogP contribution < -0.4 is 4.72 Å². The van der Waals surface area contributed by atoms with Gasteiger partial charge in [-0.15, -0.1) is 17.0 Å². The van der Waals surface area contributed by atoms with Gasteiger partial charge in [-0.2, -0.15) is 0 Å². The van der Waals surface area contributed by atoms with Crippen molar-refractivity contribution in [2.24, 2.45) is 9.98 Å². The molecule has 0 amide bonds. The van der Waals surface area contributed by atoms with Crippen LogP contribution in [0.2, 0.25) is 0 Å². The minimum absolute atomic E-state index is 0. The molecule has 9 heteroatoms. The summed E-state index contributed by atoms with van der Waals surface area (Å²) in [5.41, 5.74) is 3.03. The lowest BCUT2D eigenvalue weighted by molar-refractivity contribution is -0.402. The summed E-state index contributed by atoms with van der Waals surface area (Å²) in [6, 6.07) is 10.9. The molecule has 0 fully saturated rings. The van der Waals surface area contributed by atoms with Gasteiger partial charge in [0.05, 0.1) is 18.0 Å². The van der Waals surface area contributed by atoms with Crippen LogP contribution in [0, 0.1) is 17.0 Å². The summed E-state index contributed by atoms with van der Waals surface area (Å²) in [4.78, 5) is 19.8. The van der Waals surface area contributed by atoms with E-state index in [9.17, 15) is 10.1 Å². The van der Waals surface area contributed by atoms with Gasteiger partial charge in [-0.05, 0) is 31.9 Å². The number of aliphatic imine (C=N–C) groups is 2. The van der Waals surface area contributed by atoms with E-state index in [2.05, 4.69) is 14.7 Å². The second-order valence-electron chi connectivity index (χ2n) is 5.10. The van der Waals surface area contributed by atoms with Crippen LogP contribution in [0.5, 0.6) is 0 Å². The second kappa shape index (κ2) is 8.13. The number of allylic oxidation sites excluding steroid dienone is 1. The quantitative estimate of drug-likeness (QED) is 0.340. The highest BCUT2D eigenvalue weighted by molar-refractivity contribution is 8.93. The fourth-order valence-corrected chi connectivity index (χ4v) is 2.65. The van der Waals surface area contributed by atoms with Crippen molar-refractivity contribution in [3.05, 3.63) is 68.3 Å². The van der Waals surface area contributed by atoms with Gasteiger partial charge in [0.1, 0.15) is 4.92 Å². The summed E-state index contributed by atoms with van der Waals surface area (Å²) < 4.78 is 8.05. The highest BCUT2D eigenvalue weighted by Crippen LogP contribution is 2.29. The number of rotatable bonds is 3. The number of halogens is 1. The Balaban J connectivity index is 0.00000225. The van der Waals surface area contributed by atoms with Gasteiger partial charge in [-0.25, -0.2) is 9.98 Å². The first-order chi connectivity index (χ1) is 11.5. The van der Waals surface area contributed by atoms with Crippen molar-refractivity contribution >= 4 is 52.7 Å². The first kappa shape index (κ1) is 18.9. The van der Waals surface area contributed by atoms with Crippen LogP contribution >= 0.6 is 28.9 Å². The average molecular weight is 423 g/mol. The molecule has 0 aliphatic carbocycles. The summed E-state index contributed by atoms with van der Waals surface area (Å²) >= 11 is 1.42. The predicted octanol–water partition coefficient (Wildman–Crippen LogP) is 4.49. The van der Waals surface area contributed by atoms with Crippen molar-refractivity contribution < 1.29 is 9.34 Å². The minimum atomic E-state index is -0.592. The van der Waals surface area contributed by atoms with Gasteiger partial charge in [0.15, 0.2) is 5.76 Å². The zero-order valence-electron chi connectivity index (χ0n) is 13.4. The maximum atomic E-state index is 10.6. The van der Waals surface area contributed by atoms with E-state index in [4.69, 9.17) is 4.42 Å². The molecule has 1 aliphatic rings. The van der Waals surface area contributed by atoms with Crippen molar-refractivity contribution in [2.45, 2.75) is 13.8 Å². The molecule has 0 spiro atoms. The number of nitro groups is 1. The second-order valence-corrected chi connectivity index (χ2v) is 6.12. The Morgan fingerprint density at radius 3 is 2.60 bits per heavy atom. The van der Waals surface area contributed by atoms with Gasteiger partial charge in [0.25, 0.3) is 0 Å². The number of nitrogens with zero attached hydrogens (tertiary/aromatic N) is 3. The van der Waals surface area contributed by atoms with Gasteiger partial charge < -0.3 is 4.42 Å². The minimum Gasteiger partial charge on any atom is -0.400 e. The highest BCUT2D eigenvalue weighted by Gasteiger charge is 2.14. The molecule has 2 heterocycles. The topological polar surface area (TPSA) is 93.0 Å². The molecule has 0 bridgehead atoms. The first-order valence-electron chi connectivity index (χ1n) is 7.10. The number of benzene rings is 1. The molecule has 0 saturated carbocycles. The summed E-state index contributed by atoms with van der Waals surface area (Å²) in [5, 5.41) is 10.6. The van der Waals surface area contributed by atoms with Gasteiger partial charge in [0.2, 0.25) is 5.96 Å². The smallest absolute Gasteiger partial charge is 0.400 e. The highest BCUT2D eigenvalue weighted by atomic mass is 79.9. The number of hydrogen-bond donors (Lipinski definition) is 1. The van der Waals surface area contributed by atoms with Crippen LogP contribution in [0.3, 0.4) is 0 Å². The molecule has 1 aromatic heterocycles. The van der Waals surface area contributed by atoms with E-state index in [1.54, 1.807) is 0 Å². The Labute approximate surface area is 159 Å². The van der Waals surface area contributed by atoms with Crippen molar-refractivity contribution in [3.63, 3.8) is 0 Å². The molecule has 1 N–H and O–H groups in total. The number of guanidine groups is 1. The lowest BCUT2D eigenvalue weighted by Crippen LogP contribution is -2.17. The maximum Gasteiger partial charge on any atom is 0.433 e. The van der Waals surface area contributed by atoms with Crippen molar-refractivity contribution in [3.8, 4) is 0 Å². The van der Waals surface area contributed by atoms with E-state index in [-0.39, 0.29) is 22.9 Å². The zero-order valence-corrected chi connectivity index (χ0v) is 16.0. The Morgan fingerprint density at radius 2 is 1.96 bits per heavy atom. The molecular formula is C16H15BrN4O3S. The molecular weight excluding hydrogens is 408 g/mol. The summed E-state index contributed by atoms with van der Waals surface area (Å²) in [6.07, 6.45) is 1.40. The normalized spacial score (nSPS) is 14.1. The van der Waals surface area contributed by atoms with Crippen LogP contribution in [0.15, 0.2) is 55.7 Å². The molecule has 0 atom stereocenters. The van der Waals surface area contributed by atoms with Crippen molar-refractivity contribution in [1.29, 1.82) is 0 Å². The molecule has 1 aromatic carbocycles. The third kappa shape index (κ3) is 4.58. The molecule has 7 nitrogen and oxygen atoms in total. The molecule has 1 aliphatic heterocycles. The zero-order chi connectivity index (χ0) is 17.1. The number of hydrogen-bond acceptors (Lipinski definition) is 7. The third-order valence-electron chi connectivity index (χ3n) is 3.28. The van der Waals surface area contributed by atoms with E-state index in [0.29, 0.717) is 11.7 Å². The van der Waals surface area contributed by atoms with Crippen LogP contribution in [-0.2, 0) is 0 Å². The number of furan rings is 1. The third-order valence-corrected chi connectivity index (χ3v) is 4.06. The standard InChI is InChI=1S/C16H14N4O3S.BrH/c1-10-3-5-12(6-4-10)15-11(2)24-19-16(18-15)17-9-13-7-8-14(23-13)20(21)22;/h3-9H,1-2H3,(H,18,19);1H/b17-9+;. The Hall–Kier alpha value is -2.39. The average Bonchev–Trinajstić information content (AvgIpc) is 3.04. The van der Waals surface area contributed by atoms with Crippen LogP contribution in [0.4, 0.5) is 5.88 Å². The monoisotopic (exact) mass is 422 g/mol. The van der Waals surface area contributed by atoms with Crippen LogP contribution in [0.1, 0.15) is 23.8 Å². The van der Waals surface area contributed by atoms with E-state index in [0.717, 1.165) is 16.2 Å². The fraction of sp³-hybridized carbons (Fsp3) is 0.125. The predicted molar refractivity (Wildman–Crippen MR) is 105 cm³/mol. The fourth-order valence-electron chi connectivity index (χ4n) is 2.05. The van der Waals surface area contributed by atoms with Crippen molar-refractivity contribution in [1.82, 2.24) is 4.72 Å². The Morgan fingerprint density at radius 1 is 1.24 bits per heavy atom. The van der Waals surface area contributed by atoms with E-state index in [1.165, 1.54) is 35.9 Å². The molecule has 130 valence electrons. The largest absolute Gasteiger partial charge is 0.433 e. The molecule has 2 aromatic rings. The molecule has 0 radical (unpaired) electrons. The SMILES string of the molecule is Br.CC1=C(c2ccc(C)cc2)N=C(/N=C/c2ccc([N+](=O)[O-])o2)NS1. The van der Waals surface area contributed by atoms with Crippen LogP contribution in [0.25, 0.3) is 5.70 Å². The lowest BCUT2D eigenvalue weighted by atomic mass is 10.1. The van der Waals surface area contributed by atoms with E-state index in [1.807, 2.05) is 38.1 Å². The Bertz CT molecular complexity index is 872. The molecule has 0 saturated heterocycles. The Kier molecular flexibility index (Phi) is 6.16. The number of nitrogens with one attached hydrogen (secondary N) is 1. The van der Waals surface area contributed by atoms with Gasteiger partial charge in [-0.3, -0.25) is 14.8 Å². The summed E-state index contributed by atoms with van der Waals surface area (Å²) in [7, 11) is 0. The van der Waals surface area contributed by atoms with E-state index < -0.39 is 4.92 Å². The first-order valence-corrected chi connectivity index (χ1v) is 7.92. The van der Waals surface area contributed by atoms with Gasteiger partial charge in [0, 0.05) is 10.5 Å². The number of aryl methyl sites for hydroxylation is 1. The lowest BCUT2D eigenvalue weighted by Gasteiger charge is -2.15. The van der Waals surface area contributed by atoms with E-state index >= 15 is 0 Å². The molecule has 25 heavy (non-hydrogen) atoms.